The number of alkyl halides is 3. The number of rotatable bonds is 3. The first-order valence-electron chi connectivity index (χ1n) is 7.64. The number of guanidine groups is 1. The SMILES string of the molecule is N=C(N)NC(=O)c1cc(-c2ccc(OC(F)(F)F)cc2)nc2ccccc12. The number of fused-ring (bicyclic) bond motifs is 1. The van der Waals surface area contributed by atoms with Crippen LogP contribution < -0.4 is 15.8 Å². The number of halogens is 3. The summed E-state index contributed by atoms with van der Waals surface area (Å²) >= 11 is 0. The van der Waals surface area contributed by atoms with E-state index in [9.17, 15) is 18.0 Å². The fourth-order valence-corrected chi connectivity index (χ4v) is 2.53. The Balaban J connectivity index is 2.04. The van der Waals surface area contributed by atoms with Gasteiger partial charge in [0.2, 0.25) is 0 Å². The smallest absolute Gasteiger partial charge is 0.406 e. The van der Waals surface area contributed by atoms with Gasteiger partial charge in [-0.25, -0.2) is 4.98 Å². The first-order valence-corrected chi connectivity index (χ1v) is 7.64. The number of nitrogens with zero attached hydrogens (tertiary/aromatic N) is 1. The first kappa shape index (κ1) is 18.2. The van der Waals surface area contributed by atoms with Crippen LogP contribution in [0.4, 0.5) is 13.2 Å². The molecule has 0 aliphatic rings. The number of hydrogen-bond acceptors (Lipinski definition) is 4. The highest BCUT2D eigenvalue weighted by Crippen LogP contribution is 2.28. The van der Waals surface area contributed by atoms with E-state index in [1.807, 2.05) is 0 Å². The van der Waals surface area contributed by atoms with E-state index in [-0.39, 0.29) is 11.3 Å². The van der Waals surface area contributed by atoms with Gasteiger partial charge in [-0.15, -0.1) is 13.2 Å². The minimum atomic E-state index is -4.78. The Hall–Kier alpha value is -3.62. The lowest BCUT2D eigenvalue weighted by Gasteiger charge is -2.11. The third kappa shape index (κ3) is 4.32. The van der Waals surface area contributed by atoms with Crippen molar-refractivity contribution in [3.05, 3.63) is 60.2 Å². The fourth-order valence-electron chi connectivity index (χ4n) is 2.53. The van der Waals surface area contributed by atoms with Crippen LogP contribution in [0.25, 0.3) is 22.2 Å². The summed E-state index contributed by atoms with van der Waals surface area (Å²) in [5, 5.41) is 9.99. The van der Waals surface area contributed by atoms with E-state index >= 15 is 0 Å². The molecule has 2 aromatic carbocycles. The Morgan fingerprint density at radius 3 is 2.41 bits per heavy atom. The van der Waals surface area contributed by atoms with E-state index < -0.39 is 18.2 Å². The second-order valence-corrected chi connectivity index (χ2v) is 5.51. The van der Waals surface area contributed by atoms with Crippen LogP contribution in [-0.4, -0.2) is 23.2 Å². The molecule has 0 radical (unpaired) electrons. The molecule has 9 heteroatoms. The normalized spacial score (nSPS) is 11.2. The quantitative estimate of drug-likeness (QED) is 0.483. The largest absolute Gasteiger partial charge is 0.573 e. The molecule has 0 fully saturated rings. The van der Waals surface area contributed by atoms with Crippen LogP contribution >= 0.6 is 0 Å². The minimum absolute atomic E-state index is 0.237. The molecule has 0 atom stereocenters. The van der Waals surface area contributed by atoms with E-state index in [1.165, 1.54) is 18.2 Å². The number of nitrogens with two attached hydrogens (primary N) is 1. The van der Waals surface area contributed by atoms with Gasteiger partial charge in [-0.3, -0.25) is 15.5 Å². The van der Waals surface area contributed by atoms with Gasteiger partial charge in [-0.05, 0) is 36.4 Å². The molecule has 0 aliphatic carbocycles. The van der Waals surface area contributed by atoms with Crippen molar-refractivity contribution in [1.82, 2.24) is 10.3 Å². The standard InChI is InChI=1S/C18H13F3N4O2/c19-18(20,21)27-11-7-5-10(6-8-11)15-9-13(16(26)25-17(22)23)12-3-1-2-4-14(12)24-15/h1-9H,(H4,22,23,25,26). The lowest BCUT2D eigenvalue weighted by atomic mass is 10.0. The zero-order valence-electron chi connectivity index (χ0n) is 13.7. The van der Waals surface area contributed by atoms with Gasteiger partial charge in [0.15, 0.2) is 5.96 Å². The van der Waals surface area contributed by atoms with Crippen molar-refractivity contribution >= 4 is 22.8 Å². The average molecular weight is 374 g/mol. The maximum atomic E-state index is 12.4. The van der Waals surface area contributed by atoms with E-state index in [1.54, 1.807) is 24.3 Å². The zero-order chi connectivity index (χ0) is 19.6. The molecule has 1 aromatic heterocycles. The second kappa shape index (κ2) is 6.94. The second-order valence-electron chi connectivity index (χ2n) is 5.51. The number of ether oxygens (including phenoxy) is 1. The Morgan fingerprint density at radius 1 is 1.11 bits per heavy atom. The van der Waals surface area contributed by atoms with E-state index in [4.69, 9.17) is 11.1 Å². The van der Waals surface area contributed by atoms with Crippen LogP contribution in [0.1, 0.15) is 10.4 Å². The number of carbonyl (C=O) groups excluding carboxylic acids is 1. The molecule has 3 aromatic rings. The lowest BCUT2D eigenvalue weighted by Crippen LogP contribution is -2.35. The summed E-state index contributed by atoms with van der Waals surface area (Å²) in [6.45, 7) is 0. The topological polar surface area (TPSA) is 101 Å². The molecule has 1 amide bonds. The van der Waals surface area contributed by atoms with Gasteiger partial charge in [-0.1, -0.05) is 18.2 Å². The molecule has 0 spiro atoms. The van der Waals surface area contributed by atoms with Crippen molar-refractivity contribution in [3.8, 4) is 17.0 Å². The molecule has 0 bridgehead atoms. The number of amides is 1. The summed E-state index contributed by atoms with van der Waals surface area (Å²) in [7, 11) is 0. The van der Waals surface area contributed by atoms with Gasteiger partial charge < -0.3 is 10.5 Å². The molecule has 0 saturated carbocycles. The summed E-state index contributed by atoms with van der Waals surface area (Å²) in [6, 6.07) is 13.5. The highest BCUT2D eigenvalue weighted by Gasteiger charge is 2.31. The van der Waals surface area contributed by atoms with E-state index in [0.717, 1.165) is 12.1 Å². The van der Waals surface area contributed by atoms with Crippen molar-refractivity contribution in [1.29, 1.82) is 5.41 Å². The molecule has 138 valence electrons. The molecule has 3 rings (SSSR count). The Labute approximate surface area is 151 Å². The van der Waals surface area contributed by atoms with Crippen LogP contribution in [0.5, 0.6) is 5.75 Å². The Kier molecular flexibility index (Phi) is 4.68. The average Bonchev–Trinajstić information content (AvgIpc) is 2.59. The van der Waals surface area contributed by atoms with Crippen LogP contribution in [0.15, 0.2) is 54.6 Å². The predicted octanol–water partition coefficient (Wildman–Crippen LogP) is 3.42. The molecular formula is C18H13F3N4O2. The number of pyridine rings is 1. The molecule has 4 N–H and O–H groups in total. The molecule has 27 heavy (non-hydrogen) atoms. The zero-order valence-corrected chi connectivity index (χ0v) is 13.7. The molecule has 0 saturated heterocycles. The van der Waals surface area contributed by atoms with Gasteiger partial charge in [-0.2, -0.15) is 0 Å². The van der Waals surface area contributed by atoms with Crippen molar-refractivity contribution in [2.75, 3.05) is 0 Å². The predicted molar refractivity (Wildman–Crippen MR) is 93.2 cm³/mol. The van der Waals surface area contributed by atoms with E-state index in [2.05, 4.69) is 15.0 Å². The molecule has 0 aliphatic heterocycles. The highest BCUT2D eigenvalue weighted by atomic mass is 19.4. The van der Waals surface area contributed by atoms with Gasteiger partial charge in [0.05, 0.1) is 16.8 Å². The number of carbonyl (C=O) groups is 1. The summed E-state index contributed by atoms with van der Waals surface area (Å²) in [5.41, 5.74) is 6.84. The minimum Gasteiger partial charge on any atom is -0.406 e. The Morgan fingerprint density at radius 2 is 1.78 bits per heavy atom. The van der Waals surface area contributed by atoms with Crippen LogP contribution in [0.3, 0.4) is 0 Å². The van der Waals surface area contributed by atoms with Gasteiger partial charge in [0.25, 0.3) is 5.91 Å². The third-order valence-corrected chi connectivity index (χ3v) is 3.59. The summed E-state index contributed by atoms with van der Waals surface area (Å²) < 4.78 is 40.7. The maximum absolute atomic E-state index is 12.4. The van der Waals surface area contributed by atoms with Crippen molar-refractivity contribution in [2.45, 2.75) is 6.36 Å². The van der Waals surface area contributed by atoms with Crippen molar-refractivity contribution in [3.63, 3.8) is 0 Å². The van der Waals surface area contributed by atoms with Crippen LogP contribution in [0.2, 0.25) is 0 Å². The van der Waals surface area contributed by atoms with E-state index in [0.29, 0.717) is 22.2 Å². The van der Waals surface area contributed by atoms with Gasteiger partial charge in [0.1, 0.15) is 5.75 Å². The first-order chi connectivity index (χ1) is 12.7. The van der Waals surface area contributed by atoms with Crippen LogP contribution in [-0.2, 0) is 0 Å². The van der Waals surface area contributed by atoms with Crippen LogP contribution in [0, 0.1) is 5.41 Å². The van der Waals surface area contributed by atoms with Gasteiger partial charge >= 0.3 is 6.36 Å². The monoisotopic (exact) mass is 374 g/mol. The molecule has 6 nitrogen and oxygen atoms in total. The fraction of sp³-hybridized carbons (Fsp3) is 0.0556. The highest BCUT2D eigenvalue weighted by molar-refractivity contribution is 6.12. The summed E-state index contributed by atoms with van der Waals surface area (Å²) in [5.74, 6) is -1.45. The third-order valence-electron chi connectivity index (χ3n) is 3.59. The lowest BCUT2D eigenvalue weighted by molar-refractivity contribution is -0.274. The summed E-state index contributed by atoms with van der Waals surface area (Å²) in [6.07, 6.45) is -4.78. The number of aromatic nitrogens is 1. The molecule has 0 unspecified atom stereocenters. The number of nitrogens with one attached hydrogen (secondary N) is 2. The van der Waals surface area contributed by atoms with Crippen molar-refractivity contribution < 1.29 is 22.7 Å². The van der Waals surface area contributed by atoms with Gasteiger partial charge in [0, 0.05) is 10.9 Å². The number of hydrogen-bond donors (Lipinski definition) is 3. The Bertz CT molecular complexity index is 1020. The number of para-hydroxylation sites is 1. The molecular weight excluding hydrogens is 361 g/mol. The maximum Gasteiger partial charge on any atom is 0.573 e. The van der Waals surface area contributed by atoms with Crippen molar-refractivity contribution in [2.24, 2.45) is 5.73 Å². The number of benzene rings is 2. The molecule has 1 heterocycles. The summed E-state index contributed by atoms with van der Waals surface area (Å²) in [4.78, 5) is 16.8.